The highest BCUT2D eigenvalue weighted by Crippen LogP contribution is 2.32. The molecule has 0 radical (unpaired) electrons. The van der Waals surface area contributed by atoms with E-state index in [1.165, 1.54) is 5.56 Å². The number of piperidine rings is 1. The number of carbonyl (C=O) groups excluding carboxylic acids is 1. The second-order valence-electron chi connectivity index (χ2n) is 9.21. The van der Waals surface area contributed by atoms with E-state index in [0.717, 1.165) is 84.7 Å². The van der Waals surface area contributed by atoms with Gasteiger partial charge in [0.25, 0.3) is 0 Å². The molecule has 0 aromatic carbocycles. The van der Waals surface area contributed by atoms with Crippen molar-refractivity contribution in [2.45, 2.75) is 58.2 Å². The minimum atomic E-state index is 0.291. The maximum absolute atomic E-state index is 13.1. The molecule has 3 aliphatic rings. The van der Waals surface area contributed by atoms with Gasteiger partial charge < -0.3 is 9.64 Å². The molecule has 162 valence electrons. The van der Waals surface area contributed by atoms with Crippen LogP contribution in [0.2, 0.25) is 0 Å². The summed E-state index contributed by atoms with van der Waals surface area (Å²) in [6, 6.07) is 0.739. The van der Waals surface area contributed by atoms with Crippen LogP contribution in [0.15, 0.2) is 12.4 Å². The van der Waals surface area contributed by atoms with Crippen LogP contribution in [0.4, 0.5) is 0 Å². The molecule has 2 saturated heterocycles. The predicted molar refractivity (Wildman–Crippen MR) is 113 cm³/mol. The molecule has 1 aromatic rings. The summed E-state index contributed by atoms with van der Waals surface area (Å²) in [5.41, 5.74) is 1.27. The van der Waals surface area contributed by atoms with E-state index in [4.69, 9.17) is 4.74 Å². The highest BCUT2D eigenvalue weighted by molar-refractivity contribution is 5.81. The third-order valence-electron chi connectivity index (χ3n) is 6.48. The molecule has 0 bridgehead atoms. The number of likely N-dealkylation sites (tertiary alicyclic amines) is 1. The second-order valence-corrected chi connectivity index (χ2v) is 9.21. The SMILES string of the molecule is CC(C)n1cc(CN2CCCC(N(CCN3CCOCC3)C(=O)C3CC3)C2)cn1. The monoisotopic (exact) mass is 403 g/mol. The van der Waals surface area contributed by atoms with Crippen LogP contribution in [0.1, 0.15) is 51.1 Å². The van der Waals surface area contributed by atoms with Crippen molar-refractivity contribution in [1.29, 1.82) is 0 Å². The van der Waals surface area contributed by atoms with Crippen molar-refractivity contribution in [3.63, 3.8) is 0 Å². The lowest BCUT2D eigenvalue weighted by atomic mass is 10.0. The van der Waals surface area contributed by atoms with Crippen molar-refractivity contribution in [3.05, 3.63) is 18.0 Å². The van der Waals surface area contributed by atoms with E-state index in [0.29, 0.717) is 23.9 Å². The van der Waals surface area contributed by atoms with Crippen LogP contribution in [-0.4, -0.2) is 88.9 Å². The predicted octanol–water partition coefficient (Wildman–Crippen LogP) is 2.00. The Kier molecular flexibility index (Phi) is 6.88. The van der Waals surface area contributed by atoms with E-state index in [1.807, 2.05) is 10.9 Å². The van der Waals surface area contributed by atoms with Gasteiger partial charge in [0.1, 0.15) is 0 Å². The second kappa shape index (κ2) is 9.58. The minimum Gasteiger partial charge on any atom is -0.379 e. The number of aromatic nitrogens is 2. The quantitative estimate of drug-likeness (QED) is 0.665. The Labute approximate surface area is 175 Å². The molecule has 29 heavy (non-hydrogen) atoms. The smallest absolute Gasteiger partial charge is 0.226 e. The van der Waals surface area contributed by atoms with Gasteiger partial charge in [0.15, 0.2) is 0 Å². The number of hydrogen-bond acceptors (Lipinski definition) is 5. The zero-order chi connectivity index (χ0) is 20.2. The van der Waals surface area contributed by atoms with Crippen LogP contribution in [0.5, 0.6) is 0 Å². The van der Waals surface area contributed by atoms with E-state index in [9.17, 15) is 4.79 Å². The Hall–Kier alpha value is -1.44. The van der Waals surface area contributed by atoms with Gasteiger partial charge >= 0.3 is 0 Å². The summed E-state index contributed by atoms with van der Waals surface area (Å²) in [5.74, 6) is 0.692. The number of morpholine rings is 1. The summed E-state index contributed by atoms with van der Waals surface area (Å²) in [6.07, 6.45) is 8.61. The van der Waals surface area contributed by atoms with Crippen LogP contribution in [0, 0.1) is 5.92 Å². The molecule has 1 amide bonds. The zero-order valence-corrected chi connectivity index (χ0v) is 18.1. The van der Waals surface area contributed by atoms with E-state index in [1.54, 1.807) is 0 Å². The standard InChI is InChI=1S/C22H37N5O2/c1-18(2)27-16-19(14-23-27)15-25-7-3-4-21(17-25)26(22(28)20-5-6-20)9-8-24-10-12-29-13-11-24/h14,16,18,20-21H,3-13,15,17H2,1-2H3. The number of hydrogen-bond donors (Lipinski definition) is 0. The van der Waals surface area contributed by atoms with E-state index >= 15 is 0 Å². The molecule has 2 aliphatic heterocycles. The first-order valence-electron chi connectivity index (χ1n) is 11.5. The molecule has 0 N–H and O–H groups in total. The van der Waals surface area contributed by atoms with E-state index in [-0.39, 0.29) is 0 Å². The molecular weight excluding hydrogens is 366 g/mol. The lowest BCUT2D eigenvalue weighted by Gasteiger charge is -2.40. The normalized spacial score (nSPS) is 24.2. The number of amides is 1. The van der Waals surface area contributed by atoms with Gasteiger partial charge in [-0.05, 0) is 46.1 Å². The molecule has 1 unspecified atom stereocenters. The third kappa shape index (κ3) is 5.58. The summed E-state index contributed by atoms with van der Waals surface area (Å²) in [4.78, 5) is 20.3. The Bertz CT molecular complexity index is 666. The molecular formula is C22H37N5O2. The Morgan fingerprint density at radius 1 is 1.21 bits per heavy atom. The fourth-order valence-electron chi connectivity index (χ4n) is 4.54. The van der Waals surface area contributed by atoms with Crippen molar-refractivity contribution < 1.29 is 9.53 Å². The van der Waals surface area contributed by atoms with Crippen molar-refractivity contribution >= 4 is 5.91 Å². The van der Waals surface area contributed by atoms with Crippen LogP contribution in [-0.2, 0) is 16.1 Å². The van der Waals surface area contributed by atoms with Gasteiger partial charge in [0.05, 0.1) is 19.4 Å². The van der Waals surface area contributed by atoms with Crippen LogP contribution in [0.25, 0.3) is 0 Å². The van der Waals surface area contributed by atoms with Crippen molar-refractivity contribution in [3.8, 4) is 0 Å². The van der Waals surface area contributed by atoms with E-state index in [2.05, 4.69) is 39.8 Å². The average Bonchev–Trinajstić information content (AvgIpc) is 3.48. The van der Waals surface area contributed by atoms with Gasteiger partial charge in [0, 0.05) is 69.0 Å². The van der Waals surface area contributed by atoms with Gasteiger partial charge in [-0.3, -0.25) is 19.3 Å². The van der Waals surface area contributed by atoms with Crippen LogP contribution < -0.4 is 0 Å². The van der Waals surface area contributed by atoms with Crippen LogP contribution >= 0.6 is 0 Å². The van der Waals surface area contributed by atoms with Gasteiger partial charge in [-0.1, -0.05) is 0 Å². The van der Waals surface area contributed by atoms with Gasteiger partial charge in [-0.2, -0.15) is 5.10 Å². The lowest BCUT2D eigenvalue weighted by Crippen LogP contribution is -2.53. The van der Waals surface area contributed by atoms with Crippen molar-refractivity contribution in [2.75, 3.05) is 52.5 Å². The lowest BCUT2D eigenvalue weighted by molar-refractivity contribution is -0.136. The Balaban J connectivity index is 1.36. The molecule has 1 aromatic heterocycles. The number of ether oxygens (including phenoxy) is 1. The largest absolute Gasteiger partial charge is 0.379 e. The first-order chi connectivity index (χ1) is 14.1. The Morgan fingerprint density at radius 3 is 2.69 bits per heavy atom. The van der Waals surface area contributed by atoms with Crippen molar-refractivity contribution in [1.82, 2.24) is 24.5 Å². The van der Waals surface area contributed by atoms with Gasteiger partial charge in [-0.15, -0.1) is 0 Å². The summed E-state index contributed by atoms with van der Waals surface area (Å²) < 4.78 is 7.50. The van der Waals surface area contributed by atoms with E-state index < -0.39 is 0 Å². The molecule has 4 rings (SSSR count). The summed E-state index contributed by atoms with van der Waals surface area (Å²) in [5, 5.41) is 4.49. The molecule has 1 saturated carbocycles. The molecule has 1 atom stereocenters. The van der Waals surface area contributed by atoms with Crippen molar-refractivity contribution in [2.24, 2.45) is 5.92 Å². The summed E-state index contributed by atoms with van der Waals surface area (Å²) >= 11 is 0. The fourth-order valence-corrected chi connectivity index (χ4v) is 4.54. The molecule has 0 spiro atoms. The van der Waals surface area contributed by atoms with Gasteiger partial charge in [0.2, 0.25) is 5.91 Å². The summed E-state index contributed by atoms with van der Waals surface area (Å²) in [6.45, 7) is 12.8. The molecule has 3 heterocycles. The zero-order valence-electron chi connectivity index (χ0n) is 18.1. The topological polar surface area (TPSA) is 53.8 Å². The van der Waals surface area contributed by atoms with Crippen LogP contribution in [0.3, 0.4) is 0 Å². The highest BCUT2D eigenvalue weighted by Gasteiger charge is 2.37. The van der Waals surface area contributed by atoms with Gasteiger partial charge in [-0.25, -0.2) is 0 Å². The number of nitrogens with zero attached hydrogens (tertiary/aromatic N) is 5. The molecule has 7 nitrogen and oxygen atoms in total. The minimum absolute atomic E-state index is 0.291. The average molecular weight is 404 g/mol. The fraction of sp³-hybridized carbons (Fsp3) is 0.818. The molecule has 7 heteroatoms. The maximum atomic E-state index is 13.1. The summed E-state index contributed by atoms with van der Waals surface area (Å²) in [7, 11) is 0. The molecule has 1 aliphatic carbocycles. The first-order valence-corrected chi connectivity index (χ1v) is 11.5. The highest BCUT2D eigenvalue weighted by atomic mass is 16.5. The first kappa shape index (κ1) is 20.8. The number of rotatable bonds is 8. The molecule has 3 fully saturated rings. The Morgan fingerprint density at radius 2 is 2.00 bits per heavy atom. The maximum Gasteiger partial charge on any atom is 0.226 e. The number of carbonyl (C=O) groups is 1. The third-order valence-corrected chi connectivity index (χ3v) is 6.48.